The van der Waals surface area contributed by atoms with Crippen molar-refractivity contribution < 1.29 is 9.90 Å². The van der Waals surface area contributed by atoms with Crippen molar-refractivity contribution in [3.63, 3.8) is 0 Å². The lowest BCUT2D eigenvalue weighted by atomic mass is 10.0. The molecule has 1 aliphatic heterocycles. The Bertz CT molecular complexity index is 543. The van der Waals surface area contributed by atoms with Gasteiger partial charge in [0.25, 0.3) is 0 Å². The number of rotatable bonds is 3. The number of hydrogen-bond donors (Lipinski definition) is 1. The number of anilines is 1. The summed E-state index contributed by atoms with van der Waals surface area (Å²) in [6, 6.07) is 6.06. The molecule has 108 valence electrons. The van der Waals surface area contributed by atoms with Crippen molar-refractivity contribution in [2.24, 2.45) is 11.8 Å². The minimum absolute atomic E-state index is 0.352. The van der Waals surface area contributed by atoms with Crippen LogP contribution in [0.2, 0.25) is 0 Å². The van der Waals surface area contributed by atoms with Gasteiger partial charge in [-0.05, 0) is 48.6 Å². The average molecular weight is 338 g/mol. The first-order chi connectivity index (χ1) is 9.38. The summed E-state index contributed by atoms with van der Waals surface area (Å²) in [5, 5.41) is 9.06. The van der Waals surface area contributed by atoms with Crippen LogP contribution in [0, 0.1) is 11.8 Å². The van der Waals surface area contributed by atoms with Gasteiger partial charge in [0.05, 0.1) is 0 Å². The zero-order valence-corrected chi connectivity index (χ0v) is 13.6. The van der Waals surface area contributed by atoms with Gasteiger partial charge in [-0.3, -0.25) is 0 Å². The van der Waals surface area contributed by atoms with E-state index in [0.29, 0.717) is 17.4 Å². The van der Waals surface area contributed by atoms with E-state index >= 15 is 0 Å². The zero-order chi connectivity index (χ0) is 14.9. The minimum Gasteiger partial charge on any atom is -0.478 e. The summed E-state index contributed by atoms with van der Waals surface area (Å²) in [5.41, 5.74) is 2.43. The van der Waals surface area contributed by atoms with Gasteiger partial charge in [0.1, 0.15) is 0 Å². The molecule has 0 spiro atoms. The Morgan fingerprint density at radius 1 is 1.35 bits per heavy atom. The van der Waals surface area contributed by atoms with E-state index < -0.39 is 5.97 Å². The molecule has 0 bridgehead atoms. The van der Waals surface area contributed by atoms with Gasteiger partial charge in [-0.15, -0.1) is 0 Å². The van der Waals surface area contributed by atoms with Crippen LogP contribution in [0.5, 0.6) is 0 Å². The van der Waals surface area contributed by atoms with Crippen LogP contribution in [0.15, 0.2) is 28.2 Å². The first kappa shape index (κ1) is 15.1. The molecule has 1 N–H and O–H groups in total. The highest BCUT2D eigenvalue weighted by Gasteiger charge is 2.27. The first-order valence-electron chi connectivity index (χ1n) is 6.84. The van der Waals surface area contributed by atoms with Crippen LogP contribution in [0.4, 0.5) is 5.69 Å². The Hall–Kier alpha value is -1.29. The largest absolute Gasteiger partial charge is 0.478 e. The molecule has 2 unspecified atom stereocenters. The summed E-state index contributed by atoms with van der Waals surface area (Å²) in [6.07, 6.45) is 1.75. The quantitative estimate of drug-likeness (QED) is 0.846. The number of carbonyl (C=O) groups is 1. The third-order valence-corrected chi connectivity index (χ3v) is 4.52. The van der Waals surface area contributed by atoms with Crippen LogP contribution in [0.3, 0.4) is 0 Å². The van der Waals surface area contributed by atoms with Crippen molar-refractivity contribution in [3.05, 3.63) is 33.8 Å². The second kappa shape index (κ2) is 6.00. The number of halogens is 1. The van der Waals surface area contributed by atoms with Gasteiger partial charge in [-0.1, -0.05) is 29.8 Å². The summed E-state index contributed by atoms with van der Waals surface area (Å²) in [7, 11) is 0. The Morgan fingerprint density at radius 3 is 2.50 bits per heavy atom. The molecular formula is C16H20BrNO2. The lowest BCUT2D eigenvalue weighted by Gasteiger charge is -2.21. The van der Waals surface area contributed by atoms with E-state index in [2.05, 4.69) is 40.7 Å². The standard InChI is InChI=1S/C16H20BrNO2/c1-10(16(19)20)6-13-7-14(17)4-5-15(13)18-8-11(2)12(3)9-18/h4-7,11-12H,8-9H2,1-3H3,(H,19,20)/b10-6+. The molecule has 4 heteroatoms. The van der Waals surface area contributed by atoms with Gasteiger partial charge in [-0.2, -0.15) is 0 Å². The maximum absolute atomic E-state index is 11.0. The monoisotopic (exact) mass is 337 g/mol. The highest BCUT2D eigenvalue weighted by atomic mass is 79.9. The van der Waals surface area contributed by atoms with Crippen molar-refractivity contribution in [2.75, 3.05) is 18.0 Å². The lowest BCUT2D eigenvalue weighted by Crippen LogP contribution is -2.20. The van der Waals surface area contributed by atoms with Crippen LogP contribution in [-0.2, 0) is 4.79 Å². The number of aliphatic carboxylic acids is 1. The van der Waals surface area contributed by atoms with Crippen molar-refractivity contribution in [2.45, 2.75) is 20.8 Å². The maximum Gasteiger partial charge on any atom is 0.331 e. The maximum atomic E-state index is 11.0. The fraction of sp³-hybridized carbons (Fsp3) is 0.438. The Balaban J connectivity index is 2.39. The molecule has 1 heterocycles. The number of hydrogen-bond acceptors (Lipinski definition) is 2. The van der Waals surface area contributed by atoms with Crippen LogP contribution >= 0.6 is 15.9 Å². The number of carboxylic acids is 1. The van der Waals surface area contributed by atoms with Gasteiger partial charge in [-0.25, -0.2) is 4.79 Å². The molecule has 0 radical (unpaired) electrons. The van der Waals surface area contributed by atoms with Crippen molar-refractivity contribution in [3.8, 4) is 0 Å². The molecule has 1 aromatic rings. The van der Waals surface area contributed by atoms with Crippen molar-refractivity contribution in [1.82, 2.24) is 0 Å². The average Bonchev–Trinajstić information content (AvgIpc) is 2.69. The predicted molar refractivity (Wildman–Crippen MR) is 86.0 cm³/mol. The summed E-state index contributed by atoms with van der Waals surface area (Å²) in [6.45, 7) is 8.21. The molecule has 0 amide bonds. The third-order valence-electron chi connectivity index (χ3n) is 4.03. The van der Waals surface area contributed by atoms with Crippen LogP contribution in [0.25, 0.3) is 6.08 Å². The minimum atomic E-state index is -0.876. The normalized spacial score (nSPS) is 23.2. The molecule has 1 saturated heterocycles. The summed E-state index contributed by atoms with van der Waals surface area (Å²) in [5.74, 6) is 0.450. The molecule has 1 fully saturated rings. The topological polar surface area (TPSA) is 40.5 Å². The fourth-order valence-corrected chi connectivity index (χ4v) is 2.93. The second-order valence-corrected chi connectivity index (χ2v) is 6.61. The molecule has 0 aromatic heterocycles. The Kier molecular flexibility index (Phi) is 4.53. The van der Waals surface area contributed by atoms with Gasteiger partial charge in [0.15, 0.2) is 0 Å². The number of carboxylic acid groups (broad SMARTS) is 1. The van der Waals surface area contributed by atoms with Crippen LogP contribution in [-0.4, -0.2) is 24.2 Å². The highest BCUT2D eigenvalue weighted by molar-refractivity contribution is 9.10. The van der Waals surface area contributed by atoms with Crippen LogP contribution < -0.4 is 4.90 Å². The predicted octanol–water partition coefficient (Wildman–Crippen LogP) is 4.03. The van der Waals surface area contributed by atoms with Crippen LogP contribution in [0.1, 0.15) is 26.3 Å². The fourth-order valence-electron chi connectivity index (χ4n) is 2.55. The molecule has 1 aromatic carbocycles. The molecule has 2 atom stereocenters. The molecule has 3 nitrogen and oxygen atoms in total. The SMILES string of the molecule is C/C(=C\c1cc(Br)ccc1N1CC(C)C(C)C1)C(=O)O. The van der Waals surface area contributed by atoms with E-state index in [1.54, 1.807) is 13.0 Å². The van der Waals surface area contributed by atoms with Crippen molar-refractivity contribution >= 4 is 33.7 Å². The molecule has 0 aliphatic carbocycles. The number of benzene rings is 1. The zero-order valence-electron chi connectivity index (χ0n) is 12.1. The molecule has 0 saturated carbocycles. The van der Waals surface area contributed by atoms with Gasteiger partial charge >= 0.3 is 5.97 Å². The Morgan fingerprint density at radius 2 is 1.95 bits per heavy atom. The molecular weight excluding hydrogens is 318 g/mol. The lowest BCUT2D eigenvalue weighted by molar-refractivity contribution is -0.132. The summed E-state index contributed by atoms with van der Waals surface area (Å²) >= 11 is 3.46. The van der Waals surface area contributed by atoms with E-state index in [9.17, 15) is 4.79 Å². The molecule has 20 heavy (non-hydrogen) atoms. The molecule has 2 rings (SSSR count). The first-order valence-corrected chi connectivity index (χ1v) is 7.64. The van der Waals surface area contributed by atoms with E-state index in [4.69, 9.17) is 5.11 Å². The van der Waals surface area contributed by atoms with Gasteiger partial charge < -0.3 is 10.0 Å². The second-order valence-electron chi connectivity index (χ2n) is 5.70. The number of nitrogens with zero attached hydrogens (tertiary/aromatic N) is 1. The van der Waals surface area contributed by atoms with Crippen molar-refractivity contribution in [1.29, 1.82) is 0 Å². The van der Waals surface area contributed by atoms with Gasteiger partial charge in [0, 0.05) is 28.8 Å². The highest BCUT2D eigenvalue weighted by Crippen LogP contribution is 2.32. The molecule has 1 aliphatic rings. The summed E-state index contributed by atoms with van der Waals surface area (Å²) < 4.78 is 0.964. The van der Waals surface area contributed by atoms with Gasteiger partial charge in [0.2, 0.25) is 0 Å². The summed E-state index contributed by atoms with van der Waals surface area (Å²) in [4.78, 5) is 13.4. The Labute approximate surface area is 128 Å². The van der Waals surface area contributed by atoms with E-state index in [0.717, 1.165) is 28.8 Å². The van der Waals surface area contributed by atoms with E-state index in [1.807, 2.05) is 12.1 Å². The third kappa shape index (κ3) is 3.23. The smallest absolute Gasteiger partial charge is 0.331 e. The van der Waals surface area contributed by atoms with E-state index in [-0.39, 0.29) is 0 Å². The van der Waals surface area contributed by atoms with E-state index in [1.165, 1.54) is 0 Å².